The Kier molecular flexibility index (Phi) is 10.5. The number of nitrogens with zero attached hydrogens (tertiary/aromatic N) is 3. The van der Waals surface area contributed by atoms with Gasteiger partial charge in [-0.05, 0) is 62.2 Å². The van der Waals surface area contributed by atoms with Crippen molar-refractivity contribution >= 4 is 46.4 Å². The number of aliphatic carboxylic acids is 1. The van der Waals surface area contributed by atoms with Crippen LogP contribution >= 0.6 is 22.9 Å². The number of benzene rings is 2. The van der Waals surface area contributed by atoms with Gasteiger partial charge in [-0.1, -0.05) is 29.8 Å². The number of carboxylic acid groups (broad SMARTS) is 1. The molecule has 10 nitrogen and oxygen atoms in total. The maximum Gasteiger partial charge on any atom is 0.490 e. The molecule has 1 aliphatic rings. The minimum Gasteiger partial charge on any atom is -0.475 e. The van der Waals surface area contributed by atoms with E-state index in [0.29, 0.717) is 39.9 Å². The Morgan fingerprint density at radius 2 is 1.93 bits per heavy atom. The van der Waals surface area contributed by atoms with E-state index in [1.54, 1.807) is 36.0 Å². The third kappa shape index (κ3) is 8.86. The summed E-state index contributed by atoms with van der Waals surface area (Å²) in [5, 5.41) is 17.2. The molecule has 226 valence electrons. The Bertz CT molecular complexity index is 1580. The average molecular weight is 635 g/mol. The topological polar surface area (TPSA) is 138 Å². The Labute approximate surface area is 253 Å². The van der Waals surface area contributed by atoms with Crippen LogP contribution < -0.4 is 20.7 Å². The highest BCUT2D eigenvalue weighted by Crippen LogP contribution is 2.36. The van der Waals surface area contributed by atoms with Gasteiger partial charge in [0, 0.05) is 24.3 Å². The van der Waals surface area contributed by atoms with Crippen LogP contribution in [0.25, 0.3) is 10.6 Å². The zero-order valence-corrected chi connectivity index (χ0v) is 24.2. The number of aromatic nitrogens is 3. The molecule has 0 radical (unpaired) electrons. The van der Waals surface area contributed by atoms with E-state index in [1.807, 2.05) is 31.2 Å². The number of hydrogen-bond acceptors (Lipinski definition) is 9. The molecule has 1 amide bonds. The van der Waals surface area contributed by atoms with Crippen molar-refractivity contribution in [1.29, 1.82) is 0 Å². The fraction of sp³-hybridized carbons (Fsp3) is 0.250. The highest BCUT2D eigenvalue weighted by Gasteiger charge is 2.38. The number of alkyl halides is 3. The van der Waals surface area contributed by atoms with Gasteiger partial charge in [-0.25, -0.2) is 19.7 Å². The van der Waals surface area contributed by atoms with Crippen molar-refractivity contribution in [3.05, 3.63) is 76.4 Å². The Hall–Kier alpha value is -4.27. The molecule has 0 spiro atoms. The van der Waals surface area contributed by atoms with Crippen LogP contribution in [0.5, 0.6) is 11.6 Å². The number of rotatable bonds is 7. The van der Waals surface area contributed by atoms with Crippen molar-refractivity contribution in [1.82, 2.24) is 20.3 Å². The molecule has 1 saturated heterocycles. The van der Waals surface area contributed by atoms with E-state index in [1.165, 1.54) is 11.3 Å². The lowest BCUT2D eigenvalue weighted by molar-refractivity contribution is -0.192. The van der Waals surface area contributed by atoms with Crippen LogP contribution in [0.4, 0.5) is 24.8 Å². The fourth-order valence-electron chi connectivity index (χ4n) is 3.90. The minimum absolute atomic E-state index is 0.282. The summed E-state index contributed by atoms with van der Waals surface area (Å²) < 4.78 is 37.9. The predicted octanol–water partition coefficient (Wildman–Crippen LogP) is 6.40. The van der Waals surface area contributed by atoms with Crippen LogP contribution in [0.1, 0.15) is 28.8 Å². The number of carbonyl (C=O) groups excluding carboxylic acids is 1. The molecule has 0 aliphatic carbocycles. The van der Waals surface area contributed by atoms with Gasteiger partial charge in [-0.2, -0.15) is 13.2 Å². The number of thiazole rings is 1. The highest BCUT2D eigenvalue weighted by atomic mass is 35.5. The zero-order valence-electron chi connectivity index (χ0n) is 22.6. The van der Waals surface area contributed by atoms with Crippen molar-refractivity contribution in [2.75, 3.05) is 23.7 Å². The van der Waals surface area contributed by atoms with Crippen LogP contribution in [0.2, 0.25) is 5.02 Å². The normalized spacial score (nSPS) is 14.7. The third-order valence-corrected chi connectivity index (χ3v) is 7.23. The summed E-state index contributed by atoms with van der Waals surface area (Å²) in [6.45, 7) is 3.85. The van der Waals surface area contributed by atoms with Gasteiger partial charge in [0.05, 0.1) is 21.9 Å². The van der Waals surface area contributed by atoms with Gasteiger partial charge in [-0.15, -0.1) is 11.3 Å². The Morgan fingerprint density at radius 3 is 2.63 bits per heavy atom. The van der Waals surface area contributed by atoms with Crippen LogP contribution in [0.15, 0.2) is 60.2 Å². The van der Waals surface area contributed by atoms with Gasteiger partial charge in [0.15, 0.2) is 0 Å². The largest absolute Gasteiger partial charge is 0.490 e. The number of nitrogens with one attached hydrogen (secondary N) is 3. The van der Waals surface area contributed by atoms with Crippen LogP contribution in [-0.4, -0.2) is 57.2 Å². The Morgan fingerprint density at radius 1 is 1.16 bits per heavy atom. The van der Waals surface area contributed by atoms with E-state index in [9.17, 15) is 18.0 Å². The first-order valence-corrected chi connectivity index (χ1v) is 14.2. The molecular weight excluding hydrogens is 609 g/mol. The summed E-state index contributed by atoms with van der Waals surface area (Å²) in [6.07, 6.45) is -1.15. The summed E-state index contributed by atoms with van der Waals surface area (Å²) in [7, 11) is 0. The molecule has 5 rings (SSSR count). The number of piperidine rings is 1. The number of carbonyl (C=O) groups is 2. The lowest BCUT2D eigenvalue weighted by Gasteiger charge is -2.23. The summed E-state index contributed by atoms with van der Waals surface area (Å²) in [5.41, 5.74) is 4.30. The first-order chi connectivity index (χ1) is 20.5. The standard InChI is InChI=1S/C26H25ClN6O2S.C2HF3O2/c1-16-8-9-17(24(34)32-20-7-3-2-6-19(20)27)13-22(16)35-25-23(36-15-30-25)21-10-12-29-26(33-21)31-18-5-4-11-28-14-18;3-2(4,5)1(6)7/h2-3,6-10,12-13,15,18,28H,4-5,11,14H2,1H3,(H,32,34)(H,29,31,33);(H,6,7)/t18-;/m0./s1. The second kappa shape index (κ2) is 14.3. The number of hydrogen-bond donors (Lipinski definition) is 4. The molecule has 4 aromatic rings. The number of halogens is 4. The monoisotopic (exact) mass is 634 g/mol. The highest BCUT2D eigenvalue weighted by molar-refractivity contribution is 7.13. The second-order valence-corrected chi connectivity index (χ2v) is 10.5. The molecule has 1 aliphatic heterocycles. The van der Waals surface area contributed by atoms with Crippen LogP contribution in [-0.2, 0) is 4.79 Å². The molecule has 4 N–H and O–H groups in total. The number of aryl methyl sites for hydroxylation is 1. The van der Waals surface area contributed by atoms with Gasteiger partial charge >= 0.3 is 12.1 Å². The first-order valence-electron chi connectivity index (χ1n) is 12.9. The number of ether oxygens (including phenoxy) is 1. The molecule has 43 heavy (non-hydrogen) atoms. The molecular formula is C28H26ClF3N6O4S. The molecule has 0 bridgehead atoms. The van der Waals surface area contributed by atoms with Gasteiger partial charge in [0.25, 0.3) is 5.91 Å². The number of carboxylic acids is 1. The van der Waals surface area contributed by atoms with Gasteiger partial charge < -0.3 is 25.8 Å². The zero-order chi connectivity index (χ0) is 31.0. The molecule has 15 heteroatoms. The van der Waals surface area contributed by atoms with E-state index in [4.69, 9.17) is 31.2 Å². The van der Waals surface area contributed by atoms with E-state index in [0.717, 1.165) is 42.1 Å². The predicted molar refractivity (Wildman–Crippen MR) is 157 cm³/mol. The van der Waals surface area contributed by atoms with Crippen molar-refractivity contribution < 1.29 is 32.6 Å². The summed E-state index contributed by atoms with van der Waals surface area (Å²) in [6, 6.07) is 14.5. The quantitative estimate of drug-likeness (QED) is 0.182. The second-order valence-electron chi connectivity index (χ2n) is 9.26. The van der Waals surface area contributed by atoms with Crippen molar-refractivity contribution in [2.24, 2.45) is 0 Å². The van der Waals surface area contributed by atoms with E-state index < -0.39 is 12.1 Å². The maximum atomic E-state index is 12.9. The summed E-state index contributed by atoms with van der Waals surface area (Å²) >= 11 is 7.62. The average Bonchev–Trinajstić information content (AvgIpc) is 3.44. The van der Waals surface area contributed by atoms with E-state index in [-0.39, 0.29) is 5.91 Å². The molecule has 1 fully saturated rings. The molecule has 2 aromatic carbocycles. The summed E-state index contributed by atoms with van der Waals surface area (Å²) in [5.74, 6) is -1.50. The number of anilines is 2. The molecule has 3 heterocycles. The van der Waals surface area contributed by atoms with E-state index in [2.05, 4.69) is 25.9 Å². The van der Waals surface area contributed by atoms with Crippen molar-refractivity contribution in [3.8, 4) is 22.2 Å². The lowest BCUT2D eigenvalue weighted by atomic mass is 10.1. The van der Waals surface area contributed by atoms with Gasteiger partial charge in [0.2, 0.25) is 11.8 Å². The SMILES string of the molecule is Cc1ccc(C(=O)Nc2ccccc2Cl)cc1Oc1ncsc1-c1ccnc(N[C@H]2CCCNC2)n1.O=C(O)C(F)(F)F. The minimum atomic E-state index is -5.08. The van der Waals surface area contributed by atoms with E-state index >= 15 is 0 Å². The first kappa shape index (κ1) is 31.7. The van der Waals surface area contributed by atoms with Crippen molar-refractivity contribution in [2.45, 2.75) is 32.0 Å². The Balaban J connectivity index is 0.000000541. The number of amides is 1. The van der Waals surface area contributed by atoms with Crippen molar-refractivity contribution in [3.63, 3.8) is 0 Å². The number of para-hydroxylation sites is 1. The molecule has 0 saturated carbocycles. The smallest absolute Gasteiger partial charge is 0.475 e. The maximum absolute atomic E-state index is 12.9. The van der Waals surface area contributed by atoms with Crippen LogP contribution in [0.3, 0.4) is 0 Å². The molecule has 1 atom stereocenters. The fourth-order valence-corrected chi connectivity index (χ4v) is 4.77. The van der Waals surface area contributed by atoms with Gasteiger partial charge in [0.1, 0.15) is 10.6 Å². The molecule has 0 unspecified atom stereocenters. The lowest BCUT2D eigenvalue weighted by Crippen LogP contribution is -2.38. The molecule has 2 aromatic heterocycles. The third-order valence-electron chi connectivity index (χ3n) is 6.07. The summed E-state index contributed by atoms with van der Waals surface area (Å²) in [4.78, 5) is 36.0. The van der Waals surface area contributed by atoms with Gasteiger partial charge in [-0.3, -0.25) is 4.79 Å². The van der Waals surface area contributed by atoms with Crippen LogP contribution in [0, 0.1) is 6.92 Å².